The third-order valence-corrected chi connectivity index (χ3v) is 4.17. The SMILES string of the molecule is Cc1c(F)cccc1C(=O)N1CC2CNCC2C1.Cl.Cl. The molecule has 3 nitrogen and oxygen atoms in total. The van der Waals surface area contributed by atoms with Crippen LogP contribution in [0.4, 0.5) is 4.39 Å². The third kappa shape index (κ3) is 2.92. The molecule has 2 unspecified atom stereocenters. The van der Waals surface area contributed by atoms with Gasteiger partial charge in [0, 0.05) is 31.7 Å². The van der Waals surface area contributed by atoms with Gasteiger partial charge in [-0.3, -0.25) is 4.79 Å². The Hall–Kier alpha value is -0.840. The first-order chi connectivity index (χ1) is 8.66. The molecule has 2 aliphatic heterocycles. The Morgan fingerprint density at radius 2 is 1.85 bits per heavy atom. The molecule has 20 heavy (non-hydrogen) atoms. The van der Waals surface area contributed by atoms with Crippen LogP contribution in [0.15, 0.2) is 18.2 Å². The lowest BCUT2D eigenvalue weighted by Crippen LogP contribution is -2.32. The van der Waals surface area contributed by atoms with E-state index in [9.17, 15) is 9.18 Å². The van der Waals surface area contributed by atoms with Crippen molar-refractivity contribution in [1.29, 1.82) is 0 Å². The fourth-order valence-corrected chi connectivity index (χ4v) is 3.03. The average Bonchev–Trinajstić information content (AvgIpc) is 2.92. The Balaban J connectivity index is 0.000001000. The molecule has 0 radical (unpaired) electrons. The monoisotopic (exact) mass is 320 g/mol. The summed E-state index contributed by atoms with van der Waals surface area (Å²) in [7, 11) is 0. The van der Waals surface area contributed by atoms with Crippen LogP contribution in [0.2, 0.25) is 0 Å². The van der Waals surface area contributed by atoms with Crippen molar-refractivity contribution in [3.05, 3.63) is 35.1 Å². The summed E-state index contributed by atoms with van der Waals surface area (Å²) < 4.78 is 13.5. The maximum atomic E-state index is 13.5. The van der Waals surface area contributed by atoms with Crippen LogP contribution in [0, 0.1) is 24.6 Å². The molecule has 2 atom stereocenters. The average molecular weight is 321 g/mol. The molecule has 2 aliphatic rings. The van der Waals surface area contributed by atoms with Gasteiger partial charge >= 0.3 is 0 Å². The number of nitrogens with one attached hydrogen (secondary N) is 1. The Bertz CT molecular complexity index is 486. The smallest absolute Gasteiger partial charge is 0.254 e. The molecule has 3 rings (SSSR count). The molecule has 0 aliphatic carbocycles. The highest BCUT2D eigenvalue weighted by Crippen LogP contribution is 2.28. The molecule has 1 aromatic carbocycles. The van der Waals surface area contributed by atoms with Crippen LogP contribution < -0.4 is 5.32 Å². The number of hydrogen-bond acceptors (Lipinski definition) is 2. The van der Waals surface area contributed by atoms with Crippen LogP contribution in [0.25, 0.3) is 0 Å². The molecule has 1 aromatic rings. The highest BCUT2D eigenvalue weighted by molar-refractivity contribution is 5.95. The van der Waals surface area contributed by atoms with Crippen LogP contribution in [0.5, 0.6) is 0 Å². The Labute approximate surface area is 130 Å². The van der Waals surface area contributed by atoms with Gasteiger partial charge in [0.25, 0.3) is 5.91 Å². The number of hydrogen-bond donors (Lipinski definition) is 1. The molecule has 0 saturated carbocycles. The van der Waals surface area contributed by atoms with Gasteiger partial charge in [0.15, 0.2) is 0 Å². The van der Waals surface area contributed by atoms with Crippen LogP contribution in [0.3, 0.4) is 0 Å². The lowest BCUT2D eigenvalue weighted by atomic mass is 10.0. The molecule has 112 valence electrons. The number of rotatable bonds is 1. The largest absolute Gasteiger partial charge is 0.338 e. The number of carbonyl (C=O) groups is 1. The van der Waals surface area contributed by atoms with Gasteiger partial charge in [-0.15, -0.1) is 24.8 Å². The van der Waals surface area contributed by atoms with E-state index in [1.165, 1.54) is 6.07 Å². The van der Waals surface area contributed by atoms with Crippen molar-refractivity contribution in [2.24, 2.45) is 11.8 Å². The van der Waals surface area contributed by atoms with Gasteiger partial charge in [-0.05, 0) is 36.5 Å². The molecule has 0 bridgehead atoms. The quantitative estimate of drug-likeness (QED) is 0.861. The summed E-state index contributed by atoms with van der Waals surface area (Å²) >= 11 is 0. The zero-order valence-electron chi connectivity index (χ0n) is 11.3. The van der Waals surface area contributed by atoms with Crippen molar-refractivity contribution < 1.29 is 9.18 Å². The second-order valence-electron chi connectivity index (χ2n) is 5.30. The van der Waals surface area contributed by atoms with E-state index in [2.05, 4.69) is 5.32 Å². The number of likely N-dealkylation sites (tertiary alicyclic amines) is 1. The van der Waals surface area contributed by atoms with Gasteiger partial charge in [0.2, 0.25) is 0 Å². The predicted octanol–water partition coefficient (Wildman–Crippen LogP) is 2.27. The molecule has 1 N–H and O–H groups in total. The molecule has 2 saturated heterocycles. The normalized spacial score (nSPS) is 23.8. The molecule has 2 fully saturated rings. The first-order valence-electron chi connectivity index (χ1n) is 6.42. The van der Waals surface area contributed by atoms with Crippen LogP contribution in [-0.2, 0) is 0 Å². The minimum absolute atomic E-state index is 0. The molecular weight excluding hydrogens is 302 g/mol. The summed E-state index contributed by atoms with van der Waals surface area (Å²) in [5, 5.41) is 3.35. The zero-order chi connectivity index (χ0) is 12.7. The van der Waals surface area contributed by atoms with Crippen molar-refractivity contribution in [3.8, 4) is 0 Å². The van der Waals surface area contributed by atoms with Gasteiger partial charge in [0.1, 0.15) is 5.82 Å². The second-order valence-corrected chi connectivity index (χ2v) is 5.30. The molecule has 2 heterocycles. The van der Waals surface area contributed by atoms with Crippen LogP contribution in [0.1, 0.15) is 15.9 Å². The van der Waals surface area contributed by atoms with Crippen molar-refractivity contribution >= 4 is 30.7 Å². The number of nitrogens with zero attached hydrogens (tertiary/aromatic N) is 1. The van der Waals surface area contributed by atoms with Crippen molar-refractivity contribution in [1.82, 2.24) is 10.2 Å². The van der Waals surface area contributed by atoms with E-state index in [0.29, 0.717) is 23.0 Å². The molecule has 6 heteroatoms. The van der Waals surface area contributed by atoms with Crippen molar-refractivity contribution in [3.63, 3.8) is 0 Å². The number of halogens is 3. The van der Waals surface area contributed by atoms with Crippen LogP contribution >= 0.6 is 24.8 Å². The standard InChI is InChI=1S/C14H17FN2O.2ClH/c1-9-12(3-2-4-13(9)15)14(18)17-7-10-5-16-6-11(10)8-17;;/h2-4,10-11,16H,5-8H2,1H3;2*1H. The minimum Gasteiger partial charge on any atom is -0.338 e. The summed E-state index contributed by atoms with van der Waals surface area (Å²) in [5.41, 5.74) is 0.959. The van der Waals surface area contributed by atoms with Crippen molar-refractivity contribution in [2.75, 3.05) is 26.2 Å². The number of carbonyl (C=O) groups excluding carboxylic acids is 1. The molecule has 0 aromatic heterocycles. The Morgan fingerprint density at radius 1 is 1.25 bits per heavy atom. The second kappa shape index (κ2) is 6.74. The molecule has 0 spiro atoms. The summed E-state index contributed by atoms with van der Waals surface area (Å²) in [6.45, 7) is 5.26. The van der Waals surface area contributed by atoms with E-state index in [0.717, 1.165) is 26.2 Å². The lowest BCUT2D eigenvalue weighted by molar-refractivity contribution is 0.0780. The maximum absolute atomic E-state index is 13.5. The molecule has 1 amide bonds. The minimum atomic E-state index is -0.304. The first kappa shape index (κ1) is 17.2. The van der Waals surface area contributed by atoms with E-state index in [4.69, 9.17) is 0 Å². The Morgan fingerprint density at radius 3 is 2.45 bits per heavy atom. The summed E-state index contributed by atoms with van der Waals surface area (Å²) in [6.07, 6.45) is 0. The first-order valence-corrected chi connectivity index (χ1v) is 6.42. The van der Waals surface area contributed by atoms with Crippen LogP contribution in [-0.4, -0.2) is 37.0 Å². The Kier molecular flexibility index (Phi) is 5.80. The van der Waals surface area contributed by atoms with Gasteiger partial charge in [-0.25, -0.2) is 4.39 Å². The van der Waals surface area contributed by atoms with Gasteiger partial charge in [-0.2, -0.15) is 0 Å². The van der Waals surface area contributed by atoms with E-state index >= 15 is 0 Å². The number of fused-ring (bicyclic) bond motifs is 1. The van der Waals surface area contributed by atoms with Crippen molar-refractivity contribution in [2.45, 2.75) is 6.92 Å². The third-order valence-electron chi connectivity index (χ3n) is 4.17. The van der Waals surface area contributed by atoms with Gasteiger partial charge in [0.05, 0.1) is 0 Å². The number of benzene rings is 1. The van der Waals surface area contributed by atoms with E-state index in [1.807, 2.05) is 4.90 Å². The van der Waals surface area contributed by atoms with E-state index < -0.39 is 0 Å². The van der Waals surface area contributed by atoms with Gasteiger partial charge < -0.3 is 10.2 Å². The zero-order valence-corrected chi connectivity index (χ0v) is 12.9. The highest BCUT2D eigenvalue weighted by atomic mass is 35.5. The fourth-order valence-electron chi connectivity index (χ4n) is 3.03. The summed E-state index contributed by atoms with van der Waals surface area (Å²) in [6, 6.07) is 4.72. The summed E-state index contributed by atoms with van der Waals surface area (Å²) in [5.74, 6) is 0.814. The highest BCUT2D eigenvalue weighted by Gasteiger charge is 2.38. The lowest BCUT2D eigenvalue weighted by Gasteiger charge is -2.18. The van der Waals surface area contributed by atoms with E-state index in [1.54, 1.807) is 19.1 Å². The number of amides is 1. The van der Waals surface area contributed by atoms with Gasteiger partial charge in [-0.1, -0.05) is 6.07 Å². The van der Waals surface area contributed by atoms with E-state index in [-0.39, 0.29) is 36.5 Å². The predicted molar refractivity (Wildman–Crippen MR) is 81.4 cm³/mol. The summed E-state index contributed by atoms with van der Waals surface area (Å²) in [4.78, 5) is 14.3. The topological polar surface area (TPSA) is 32.3 Å². The maximum Gasteiger partial charge on any atom is 0.254 e. The fraction of sp³-hybridized carbons (Fsp3) is 0.500. The molecular formula is C14H19Cl2FN2O.